The molecule has 1 aromatic carbocycles. The number of hydrogen-bond donors (Lipinski definition) is 1. The molecule has 0 bridgehead atoms. The van der Waals surface area contributed by atoms with E-state index in [9.17, 15) is 4.79 Å². The Kier molecular flexibility index (Phi) is 4.92. The van der Waals surface area contributed by atoms with Crippen LogP contribution < -0.4 is 10.1 Å². The van der Waals surface area contributed by atoms with Crippen LogP contribution in [0.15, 0.2) is 29.5 Å². The maximum Gasteiger partial charge on any atom is 0.255 e. The third kappa shape index (κ3) is 3.59. The maximum absolute atomic E-state index is 12.1. The Morgan fingerprint density at radius 3 is 2.90 bits per heavy atom. The summed E-state index contributed by atoms with van der Waals surface area (Å²) in [5.41, 5.74) is 0.827. The molecule has 1 N–H and O–H groups in total. The number of methoxy groups -OCH3 is 1. The topological polar surface area (TPSA) is 81.9 Å². The molecule has 0 atom stereocenters. The first kappa shape index (κ1) is 15.5. The number of amides is 1. The molecule has 0 fully saturated rings. The van der Waals surface area contributed by atoms with E-state index in [-0.39, 0.29) is 5.91 Å². The van der Waals surface area contributed by atoms with Gasteiger partial charge in [-0.25, -0.2) is 0 Å². The lowest BCUT2D eigenvalue weighted by atomic mass is 10.1. The van der Waals surface area contributed by atoms with E-state index >= 15 is 0 Å². The average Bonchev–Trinajstić information content (AvgIpc) is 2.98. The van der Waals surface area contributed by atoms with Gasteiger partial charge in [0.05, 0.1) is 23.4 Å². The zero-order valence-corrected chi connectivity index (χ0v) is 13.3. The molecule has 0 spiro atoms. The van der Waals surface area contributed by atoms with Crippen LogP contribution in [0, 0.1) is 0 Å². The average molecular weight is 373 g/mol. The largest absolute Gasteiger partial charge is 0.496 e. The van der Waals surface area contributed by atoms with Gasteiger partial charge in [-0.3, -0.25) is 4.79 Å². The van der Waals surface area contributed by atoms with Crippen LogP contribution in [0.1, 0.15) is 10.4 Å². The molecule has 0 unspecified atom stereocenters. The number of halogens is 2. The summed E-state index contributed by atoms with van der Waals surface area (Å²) < 4.78 is 7.27. The van der Waals surface area contributed by atoms with Crippen LogP contribution in [0.2, 0.25) is 5.02 Å². The van der Waals surface area contributed by atoms with E-state index in [4.69, 9.17) is 16.3 Å². The first-order valence-corrected chi connectivity index (χ1v) is 6.92. The summed E-state index contributed by atoms with van der Waals surface area (Å²) in [7, 11) is 1.47. The van der Waals surface area contributed by atoms with Gasteiger partial charge in [-0.05, 0) is 16.5 Å². The fourth-order valence-corrected chi connectivity index (χ4v) is 2.00. The van der Waals surface area contributed by atoms with Gasteiger partial charge in [-0.1, -0.05) is 34.1 Å². The van der Waals surface area contributed by atoms with Crippen molar-refractivity contribution in [1.82, 2.24) is 25.5 Å². The van der Waals surface area contributed by atoms with Gasteiger partial charge in [-0.2, -0.15) is 4.68 Å². The summed E-state index contributed by atoms with van der Waals surface area (Å²) >= 11 is 9.35. The van der Waals surface area contributed by atoms with Crippen LogP contribution in [0.4, 0.5) is 0 Å². The minimum absolute atomic E-state index is 0.300. The molecule has 0 saturated heterocycles. The monoisotopic (exact) mass is 371 g/mol. The number of hydrogen-bond acceptors (Lipinski definition) is 5. The Bertz CT molecular complexity index is 675. The summed E-state index contributed by atoms with van der Waals surface area (Å²) in [5.74, 6) is 0.0419. The van der Waals surface area contributed by atoms with Crippen molar-refractivity contribution in [3.63, 3.8) is 0 Å². The second-order valence-electron chi connectivity index (χ2n) is 3.96. The minimum atomic E-state index is -0.322. The zero-order valence-electron chi connectivity index (χ0n) is 11.0. The van der Waals surface area contributed by atoms with Crippen molar-refractivity contribution < 1.29 is 9.53 Å². The highest BCUT2D eigenvalue weighted by Crippen LogP contribution is 2.29. The molecule has 7 nitrogen and oxygen atoms in total. The predicted octanol–water partition coefficient (Wildman–Crippen LogP) is 1.96. The van der Waals surface area contributed by atoms with Gasteiger partial charge in [0.2, 0.25) is 0 Å². The van der Waals surface area contributed by atoms with Gasteiger partial charge < -0.3 is 10.1 Å². The molecule has 2 rings (SSSR count). The van der Waals surface area contributed by atoms with E-state index in [2.05, 4.69) is 43.4 Å². The minimum Gasteiger partial charge on any atom is -0.496 e. The van der Waals surface area contributed by atoms with Crippen molar-refractivity contribution in [2.24, 2.45) is 0 Å². The van der Waals surface area contributed by atoms with Crippen molar-refractivity contribution in [2.45, 2.75) is 0 Å². The number of aromatic nitrogens is 4. The van der Waals surface area contributed by atoms with Gasteiger partial charge in [-0.15, -0.1) is 5.10 Å². The second kappa shape index (κ2) is 6.68. The molecule has 0 saturated carbocycles. The van der Waals surface area contributed by atoms with Gasteiger partial charge in [0, 0.05) is 17.1 Å². The molecule has 9 heteroatoms. The lowest BCUT2D eigenvalue weighted by Gasteiger charge is -2.12. The number of benzene rings is 1. The van der Waals surface area contributed by atoms with E-state index in [1.54, 1.807) is 6.07 Å². The number of carbonyl (C=O) groups excluding carboxylic acids is 1. The number of carbonyl (C=O) groups is 1. The number of tetrazole rings is 1. The Labute approximate surface area is 134 Å². The van der Waals surface area contributed by atoms with Crippen LogP contribution in [-0.2, 0) is 0 Å². The summed E-state index contributed by atoms with van der Waals surface area (Å²) in [6.45, 7) is 3.95. The normalized spacial score (nSPS) is 10.2. The van der Waals surface area contributed by atoms with Crippen LogP contribution in [-0.4, -0.2) is 39.8 Å². The third-order valence-electron chi connectivity index (χ3n) is 2.55. The molecule has 0 aliphatic carbocycles. The van der Waals surface area contributed by atoms with Crippen molar-refractivity contribution in [3.8, 4) is 11.4 Å². The molecule has 0 aliphatic rings. The lowest BCUT2D eigenvalue weighted by Crippen LogP contribution is -2.25. The molecule has 110 valence electrons. The van der Waals surface area contributed by atoms with Gasteiger partial charge in [0.1, 0.15) is 12.1 Å². The van der Waals surface area contributed by atoms with E-state index < -0.39 is 0 Å². The predicted molar refractivity (Wildman–Crippen MR) is 81.1 cm³/mol. The van der Waals surface area contributed by atoms with Crippen molar-refractivity contribution in [2.75, 3.05) is 13.7 Å². The summed E-state index contributed by atoms with van der Waals surface area (Å²) in [4.78, 5) is 12.1. The Morgan fingerprint density at radius 1 is 1.57 bits per heavy atom. The van der Waals surface area contributed by atoms with Crippen molar-refractivity contribution >= 4 is 33.4 Å². The highest BCUT2D eigenvalue weighted by atomic mass is 79.9. The molecule has 1 amide bonds. The van der Waals surface area contributed by atoms with Crippen LogP contribution in [0.3, 0.4) is 0 Å². The van der Waals surface area contributed by atoms with Gasteiger partial charge >= 0.3 is 0 Å². The molecule has 0 radical (unpaired) electrons. The smallest absolute Gasteiger partial charge is 0.255 e. The fourth-order valence-electron chi connectivity index (χ4n) is 1.61. The summed E-state index contributed by atoms with van der Waals surface area (Å²) in [6, 6.07) is 3.10. The lowest BCUT2D eigenvalue weighted by molar-refractivity contribution is 0.0955. The number of nitrogens with zero attached hydrogens (tertiary/aromatic N) is 4. The molecular weight excluding hydrogens is 362 g/mol. The zero-order chi connectivity index (χ0) is 15.4. The standard InChI is InChI=1S/C12H11BrClN5O2/c1-7(13)5-15-12(20)8-3-9(14)10(4-11(8)21-2)19-6-16-17-18-19/h3-4,6H,1,5H2,2H3,(H,15,20). The first-order chi connectivity index (χ1) is 10.0. The first-order valence-electron chi connectivity index (χ1n) is 5.75. The maximum atomic E-state index is 12.1. The van der Waals surface area contributed by atoms with Crippen molar-refractivity contribution in [1.29, 1.82) is 0 Å². The number of rotatable bonds is 5. The molecule has 1 aromatic heterocycles. The quantitative estimate of drug-likeness (QED) is 0.867. The molecule has 21 heavy (non-hydrogen) atoms. The number of nitrogens with one attached hydrogen (secondary N) is 1. The Morgan fingerprint density at radius 2 is 2.33 bits per heavy atom. The third-order valence-corrected chi connectivity index (χ3v) is 3.13. The molecule has 2 aromatic rings. The highest BCUT2D eigenvalue weighted by molar-refractivity contribution is 9.11. The highest BCUT2D eigenvalue weighted by Gasteiger charge is 2.17. The van der Waals surface area contributed by atoms with Gasteiger partial charge in [0.15, 0.2) is 0 Å². The van der Waals surface area contributed by atoms with Crippen LogP contribution in [0.5, 0.6) is 5.75 Å². The van der Waals surface area contributed by atoms with E-state index in [1.807, 2.05) is 0 Å². The molecular formula is C12H11BrClN5O2. The van der Waals surface area contributed by atoms with Crippen LogP contribution in [0.25, 0.3) is 5.69 Å². The Hall–Kier alpha value is -1.93. The van der Waals surface area contributed by atoms with E-state index in [0.717, 1.165) is 0 Å². The molecule has 0 aliphatic heterocycles. The Balaban J connectivity index is 2.37. The fraction of sp³-hybridized carbons (Fsp3) is 0.167. The van der Waals surface area contributed by atoms with Gasteiger partial charge in [0.25, 0.3) is 5.91 Å². The second-order valence-corrected chi connectivity index (χ2v) is 5.49. The van der Waals surface area contributed by atoms with E-state index in [1.165, 1.54) is 24.2 Å². The number of ether oxygens (including phenoxy) is 1. The van der Waals surface area contributed by atoms with E-state index in [0.29, 0.717) is 33.1 Å². The summed E-state index contributed by atoms with van der Waals surface area (Å²) in [5, 5.41) is 13.8. The molecule has 1 heterocycles. The SMILES string of the molecule is C=C(Br)CNC(=O)c1cc(Cl)c(-n2cnnn2)cc1OC. The van der Waals surface area contributed by atoms with Crippen molar-refractivity contribution in [3.05, 3.63) is 40.1 Å². The van der Waals surface area contributed by atoms with Crippen LogP contribution >= 0.6 is 27.5 Å². The summed E-state index contributed by atoms with van der Waals surface area (Å²) in [6.07, 6.45) is 1.40.